The number of hydrogen-bond donors (Lipinski definition) is 5. The van der Waals surface area contributed by atoms with Crippen molar-refractivity contribution >= 4 is 11.8 Å². The number of nitrogens with one attached hydrogen (secondary N) is 3. The van der Waals surface area contributed by atoms with Crippen LogP contribution in [0, 0.1) is 0 Å². The largest absolute Gasteiger partial charge is 0.394 e. The van der Waals surface area contributed by atoms with Crippen molar-refractivity contribution in [1.29, 1.82) is 0 Å². The molecule has 7 nitrogen and oxygen atoms in total. The van der Waals surface area contributed by atoms with Crippen LogP contribution in [0.1, 0.15) is 45.4 Å². The molecule has 7 heteroatoms. The highest BCUT2D eigenvalue weighted by Gasteiger charge is 2.12. The molecule has 2 amide bonds. The van der Waals surface area contributed by atoms with Crippen LogP contribution >= 0.6 is 0 Å². The molecule has 2 atom stereocenters. The Labute approximate surface area is 127 Å². The summed E-state index contributed by atoms with van der Waals surface area (Å²) in [5, 5.41) is 17.6. The first-order valence-corrected chi connectivity index (χ1v) is 7.63. The SMILES string of the molecule is CCC(=O)NC(CO)CCC(=O)NCCCCC(N)NC. The Morgan fingerprint density at radius 3 is 2.48 bits per heavy atom. The second-order valence-electron chi connectivity index (χ2n) is 5.08. The van der Waals surface area contributed by atoms with Gasteiger partial charge in [0.2, 0.25) is 11.8 Å². The molecule has 0 saturated heterocycles. The number of carbonyl (C=O) groups is 2. The zero-order chi connectivity index (χ0) is 16.1. The van der Waals surface area contributed by atoms with Gasteiger partial charge in [-0.05, 0) is 32.7 Å². The van der Waals surface area contributed by atoms with Crippen LogP contribution in [0.25, 0.3) is 0 Å². The maximum atomic E-state index is 11.6. The quantitative estimate of drug-likeness (QED) is 0.245. The number of rotatable bonds is 12. The van der Waals surface area contributed by atoms with Gasteiger partial charge in [0.25, 0.3) is 0 Å². The molecule has 0 radical (unpaired) electrons. The van der Waals surface area contributed by atoms with Crippen LogP contribution in [0.15, 0.2) is 0 Å². The van der Waals surface area contributed by atoms with Crippen molar-refractivity contribution in [1.82, 2.24) is 16.0 Å². The molecule has 0 aliphatic rings. The minimum Gasteiger partial charge on any atom is -0.394 e. The summed E-state index contributed by atoms with van der Waals surface area (Å²) in [6.45, 7) is 2.22. The molecule has 124 valence electrons. The van der Waals surface area contributed by atoms with Crippen LogP contribution < -0.4 is 21.7 Å². The standard InChI is InChI=1S/C14H30N4O3/c1-3-13(20)18-11(10-19)7-8-14(21)17-9-5-4-6-12(15)16-2/h11-12,16,19H,3-10,15H2,1-2H3,(H,17,21)(H,18,20). The van der Waals surface area contributed by atoms with E-state index in [0.717, 1.165) is 19.3 Å². The van der Waals surface area contributed by atoms with Gasteiger partial charge in [0.05, 0.1) is 18.8 Å². The van der Waals surface area contributed by atoms with Gasteiger partial charge in [0, 0.05) is 19.4 Å². The Morgan fingerprint density at radius 1 is 1.19 bits per heavy atom. The maximum Gasteiger partial charge on any atom is 0.220 e. The first-order chi connectivity index (χ1) is 10.0. The van der Waals surface area contributed by atoms with Gasteiger partial charge in [-0.15, -0.1) is 0 Å². The average molecular weight is 302 g/mol. The Hall–Kier alpha value is -1.18. The summed E-state index contributed by atoms with van der Waals surface area (Å²) in [7, 11) is 1.82. The Bertz CT molecular complexity index is 300. The lowest BCUT2D eigenvalue weighted by molar-refractivity contribution is -0.123. The molecule has 0 fully saturated rings. The fourth-order valence-corrected chi connectivity index (χ4v) is 1.79. The summed E-state index contributed by atoms with van der Waals surface area (Å²) in [5.74, 6) is -0.174. The van der Waals surface area contributed by atoms with Crippen molar-refractivity contribution < 1.29 is 14.7 Å². The Balaban J connectivity index is 3.67. The topological polar surface area (TPSA) is 116 Å². The van der Waals surface area contributed by atoms with Crippen LogP contribution in [0.5, 0.6) is 0 Å². The van der Waals surface area contributed by atoms with Crippen molar-refractivity contribution in [3.8, 4) is 0 Å². The van der Waals surface area contributed by atoms with Gasteiger partial charge in [0.15, 0.2) is 0 Å². The molecular formula is C14H30N4O3. The summed E-state index contributed by atoms with van der Waals surface area (Å²) in [6, 6.07) is -0.350. The summed E-state index contributed by atoms with van der Waals surface area (Å²) >= 11 is 0. The number of amides is 2. The molecule has 6 N–H and O–H groups in total. The molecule has 0 bridgehead atoms. The van der Waals surface area contributed by atoms with Gasteiger partial charge in [-0.1, -0.05) is 6.92 Å². The molecule has 0 aliphatic carbocycles. The highest BCUT2D eigenvalue weighted by molar-refractivity contribution is 5.77. The van der Waals surface area contributed by atoms with E-state index in [1.165, 1.54) is 0 Å². The normalized spacial score (nSPS) is 13.5. The van der Waals surface area contributed by atoms with E-state index in [0.29, 0.717) is 25.8 Å². The second-order valence-corrected chi connectivity index (χ2v) is 5.08. The smallest absolute Gasteiger partial charge is 0.220 e. The van der Waals surface area contributed by atoms with Crippen molar-refractivity contribution in [3.05, 3.63) is 0 Å². The molecule has 0 aliphatic heterocycles. The molecule has 0 aromatic rings. The van der Waals surface area contributed by atoms with E-state index in [1.54, 1.807) is 6.92 Å². The van der Waals surface area contributed by atoms with Gasteiger partial charge in [-0.2, -0.15) is 0 Å². The molecule has 0 saturated carbocycles. The predicted molar refractivity (Wildman–Crippen MR) is 82.4 cm³/mol. The van der Waals surface area contributed by atoms with Crippen molar-refractivity contribution in [2.45, 2.75) is 57.7 Å². The summed E-state index contributed by atoms with van der Waals surface area (Å²) in [6.07, 6.45) is 3.84. The molecule has 0 heterocycles. The molecule has 0 aromatic heterocycles. The first kappa shape index (κ1) is 19.8. The Kier molecular flexibility index (Phi) is 11.8. The van der Waals surface area contributed by atoms with E-state index in [1.807, 2.05) is 7.05 Å². The lowest BCUT2D eigenvalue weighted by Crippen LogP contribution is -2.38. The van der Waals surface area contributed by atoms with Gasteiger partial charge in [-0.3, -0.25) is 9.59 Å². The summed E-state index contributed by atoms with van der Waals surface area (Å²) in [5.41, 5.74) is 5.71. The first-order valence-electron chi connectivity index (χ1n) is 7.63. The lowest BCUT2D eigenvalue weighted by Gasteiger charge is -2.15. The maximum absolute atomic E-state index is 11.6. The van der Waals surface area contributed by atoms with E-state index in [4.69, 9.17) is 10.8 Å². The van der Waals surface area contributed by atoms with Crippen LogP contribution in [0.4, 0.5) is 0 Å². The van der Waals surface area contributed by atoms with Gasteiger partial charge < -0.3 is 26.8 Å². The number of unbranched alkanes of at least 4 members (excludes halogenated alkanes) is 1. The van der Waals surface area contributed by atoms with Crippen LogP contribution in [-0.2, 0) is 9.59 Å². The van der Waals surface area contributed by atoms with E-state index in [9.17, 15) is 9.59 Å². The van der Waals surface area contributed by atoms with Gasteiger partial charge in [-0.25, -0.2) is 0 Å². The van der Waals surface area contributed by atoms with Crippen molar-refractivity contribution in [2.75, 3.05) is 20.2 Å². The number of aliphatic hydroxyl groups is 1. The number of aliphatic hydroxyl groups excluding tert-OH is 1. The molecule has 21 heavy (non-hydrogen) atoms. The number of carbonyl (C=O) groups excluding carboxylic acids is 2. The minimum absolute atomic E-state index is 0.00758. The average Bonchev–Trinajstić information content (AvgIpc) is 2.50. The monoisotopic (exact) mass is 302 g/mol. The van der Waals surface area contributed by atoms with E-state index in [2.05, 4.69) is 16.0 Å². The van der Waals surface area contributed by atoms with Crippen LogP contribution in [0.2, 0.25) is 0 Å². The lowest BCUT2D eigenvalue weighted by atomic mass is 10.1. The van der Waals surface area contributed by atoms with E-state index in [-0.39, 0.29) is 30.6 Å². The molecule has 0 spiro atoms. The van der Waals surface area contributed by atoms with E-state index < -0.39 is 0 Å². The molecule has 0 aromatic carbocycles. The zero-order valence-corrected chi connectivity index (χ0v) is 13.2. The van der Waals surface area contributed by atoms with Crippen LogP contribution in [-0.4, -0.2) is 49.3 Å². The molecular weight excluding hydrogens is 272 g/mol. The van der Waals surface area contributed by atoms with Gasteiger partial charge >= 0.3 is 0 Å². The summed E-state index contributed by atoms with van der Waals surface area (Å²) in [4.78, 5) is 22.8. The minimum atomic E-state index is -0.350. The predicted octanol–water partition coefficient (Wildman–Crippen LogP) is -0.556. The third kappa shape index (κ3) is 11.2. The summed E-state index contributed by atoms with van der Waals surface area (Å²) < 4.78 is 0. The number of nitrogens with two attached hydrogens (primary N) is 1. The van der Waals surface area contributed by atoms with Crippen molar-refractivity contribution in [2.24, 2.45) is 5.73 Å². The van der Waals surface area contributed by atoms with Gasteiger partial charge in [0.1, 0.15) is 0 Å². The molecule has 2 unspecified atom stereocenters. The van der Waals surface area contributed by atoms with Crippen molar-refractivity contribution in [3.63, 3.8) is 0 Å². The fourth-order valence-electron chi connectivity index (χ4n) is 1.79. The third-order valence-corrected chi connectivity index (χ3v) is 3.26. The Morgan fingerprint density at radius 2 is 1.90 bits per heavy atom. The van der Waals surface area contributed by atoms with Crippen LogP contribution in [0.3, 0.4) is 0 Å². The highest BCUT2D eigenvalue weighted by Crippen LogP contribution is 1.99. The number of hydrogen-bond acceptors (Lipinski definition) is 5. The van der Waals surface area contributed by atoms with E-state index >= 15 is 0 Å². The molecule has 0 rings (SSSR count). The highest BCUT2D eigenvalue weighted by atomic mass is 16.3. The second kappa shape index (κ2) is 12.6. The third-order valence-electron chi connectivity index (χ3n) is 3.26. The fraction of sp³-hybridized carbons (Fsp3) is 0.857. The zero-order valence-electron chi connectivity index (χ0n) is 13.2.